The summed E-state index contributed by atoms with van der Waals surface area (Å²) in [6.45, 7) is 0.460. The standard InChI is InChI=1S/C7H10BNO3.Na.H/c9-5-6-1-3-7(4-2-6)12-8(10)11;;/h1-4,10-11H,5,9H2;;. The second-order valence-corrected chi connectivity index (χ2v) is 2.29. The molecule has 13 heavy (non-hydrogen) atoms. The van der Waals surface area contributed by atoms with Crippen molar-refractivity contribution in [2.45, 2.75) is 6.54 Å². The molecule has 0 fully saturated rings. The van der Waals surface area contributed by atoms with Crippen LogP contribution < -0.4 is 10.4 Å². The van der Waals surface area contributed by atoms with Crippen LogP contribution >= 0.6 is 0 Å². The fourth-order valence-corrected chi connectivity index (χ4v) is 0.826. The minimum absolute atomic E-state index is 0. The Balaban J connectivity index is 0.00000144. The zero-order valence-corrected chi connectivity index (χ0v) is 6.47. The van der Waals surface area contributed by atoms with Gasteiger partial charge < -0.3 is 20.4 Å². The quantitative estimate of drug-likeness (QED) is 0.527. The number of hydrogen-bond acceptors (Lipinski definition) is 4. The molecule has 0 bridgehead atoms. The third-order valence-electron chi connectivity index (χ3n) is 1.40. The van der Waals surface area contributed by atoms with E-state index in [2.05, 4.69) is 4.65 Å². The Morgan fingerprint density at radius 1 is 1.23 bits per heavy atom. The van der Waals surface area contributed by atoms with Gasteiger partial charge in [-0.25, -0.2) is 0 Å². The summed E-state index contributed by atoms with van der Waals surface area (Å²) in [6, 6.07) is 6.78. The van der Waals surface area contributed by atoms with Crippen LogP contribution in [-0.4, -0.2) is 46.9 Å². The van der Waals surface area contributed by atoms with Gasteiger partial charge in [0.25, 0.3) is 0 Å². The maximum atomic E-state index is 8.44. The number of nitrogens with two attached hydrogens (primary N) is 1. The van der Waals surface area contributed by atoms with Gasteiger partial charge in [0.15, 0.2) is 0 Å². The van der Waals surface area contributed by atoms with Crippen LogP contribution in [0.4, 0.5) is 0 Å². The summed E-state index contributed by atoms with van der Waals surface area (Å²) >= 11 is 0. The van der Waals surface area contributed by atoms with Crippen LogP contribution in [0.2, 0.25) is 0 Å². The van der Waals surface area contributed by atoms with E-state index in [9.17, 15) is 0 Å². The zero-order chi connectivity index (χ0) is 8.97. The van der Waals surface area contributed by atoms with Crippen molar-refractivity contribution in [3.05, 3.63) is 29.8 Å². The molecule has 0 saturated carbocycles. The molecule has 0 aliphatic rings. The van der Waals surface area contributed by atoms with Crippen LogP contribution in [-0.2, 0) is 6.54 Å². The molecule has 0 heterocycles. The Kier molecular flexibility index (Phi) is 6.41. The van der Waals surface area contributed by atoms with Crippen molar-refractivity contribution in [3.63, 3.8) is 0 Å². The van der Waals surface area contributed by atoms with Crippen molar-refractivity contribution in [1.29, 1.82) is 0 Å². The Bertz CT molecular complexity index is 242. The number of hydrogen-bond donors (Lipinski definition) is 3. The number of rotatable bonds is 3. The van der Waals surface area contributed by atoms with Gasteiger partial charge in [0.05, 0.1) is 0 Å². The summed E-state index contributed by atoms with van der Waals surface area (Å²) in [7, 11) is -1.77. The summed E-state index contributed by atoms with van der Waals surface area (Å²) in [5.74, 6) is 0.405. The molecule has 66 valence electrons. The van der Waals surface area contributed by atoms with Crippen LogP contribution in [0.1, 0.15) is 5.56 Å². The Morgan fingerprint density at radius 3 is 2.15 bits per heavy atom. The first kappa shape index (κ1) is 13.0. The van der Waals surface area contributed by atoms with Crippen LogP contribution in [0.3, 0.4) is 0 Å². The van der Waals surface area contributed by atoms with Crippen LogP contribution in [0.25, 0.3) is 0 Å². The van der Waals surface area contributed by atoms with Crippen molar-refractivity contribution >= 4 is 36.9 Å². The number of benzene rings is 1. The van der Waals surface area contributed by atoms with E-state index in [1.54, 1.807) is 24.3 Å². The Morgan fingerprint density at radius 2 is 1.77 bits per heavy atom. The average molecular weight is 191 g/mol. The SMILES string of the molecule is NCc1ccc(OB(O)O)cc1.[NaH]. The summed E-state index contributed by atoms with van der Waals surface area (Å²) in [5.41, 5.74) is 6.33. The van der Waals surface area contributed by atoms with E-state index in [-0.39, 0.29) is 29.6 Å². The van der Waals surface area contributed by atoms with Gasteiger partial charge in [-0.1, -0.05) is 12.1 Å². The molecule has 1 aromatic carbocycles. The zero-order valence-electron chi connectivity index (χ0n) is 6.47. The van der Waals surface area contributed by atoms with Gasteiger partial charge in [-0.2, -0.15) is 0 Å². The summed E-state index contributed by atoms with van der Waals surface area (Å²) in [6.07, 6.45) is 0. The van der Waals surface area contributed by atoms with E-state index in [1.807, 2.05) is 0 Å². The second kappa shape index (κ2) is 6.42. The van der Waals surface area contributed by atoms with Gasteiger partial charge in [0.2, 0.25) is 0 Å². The molecule has 0 radical (unpaired) electrons. The predicted molar refractivity (Wildman–Crippen MR) is 52.3 cm³/mol. The molecule has 0 atom stereocenters. The van der Waals surface area contributed by atoms with Gasteiger partial charge >= 0.3 is 36.9 Å². The Hall–Kier alpha value is -0.0351. The minimum atomic E-state index is -1.77. The predicted octanol–water partition coefficient (Wildman–Crippen LogP) is -1.15. The fraction of sp³-hybridized carbons (Fsp3) is 0.143. The summed E-state index contributed by atoms with van der Waals surface area (Å²) in [5, 5.41) is 16.9. The molecule has 0 spiro atoms. The van der Waals surface area contributed by atoms with E-state index in [1.165, 1.54) is 0 Å². The molecular formula is C7H11BNNaO3. The van der Waals surface area contributed by atoms with Gasteiger partial charge in [0, 0.05) is 6.54 Å². The summed E-state index contributed by atoms with van der Waals surface area (Å²) in [4.78, 5) is 0. The molecule has 6 heteroatoms. The fourth-order valence-electron chi connectivity index (χ4n) is 0.826. The van der Waals surface area contributed by atoms with E-state index >= 15 is 0 Å². The molecule has 4 N–H and O–H groups in total. The molecule has 0 amide bonds. The monoisotopic (exact) mass is 191 g/mol. The third-order valence-corrected chi connectivity index (χ3v) is 1.40. The van der Waals surface area contributed by atoms with Crippen molar-refractivity contribution in [2.75, 3.05) is 0 Å². The first-order chi connectivity index (χ1) is 5.72. The van der Waals surface area contributed by atoms with Gasteiger partial charge in [-0.3, -0.25) is 0 Å². The van der Waals surface area contributed by atoms with Crippen molar-refractivity contribution in [1.82, 2.24) is 0 Å². The van der Waals surface area contributed by atoms with E-state index in [0.717, 1.165) is 5.56 Å². The molecule has 1 aromatic rings. The van der Waals surface area contributed by atoms with Crippen LogP contribution in [0.5, 0.6) is 5.75 Å². The van der Waals surface area contributed by atoms with Crippen LogP contribution in [0.15, 0.2) is 24.3 Å². The van der Waals surface area contributed by atoms with Gasteiger partial charge in [-0.05, 0) is 17.7 Å². The second-order valence-electron chi connectivity index (χ2n) is 2.29. The van der Waals surface area contributed by atoms with Gasteiger partial charge in [-0.15, -0.1) is 0 Å². The molecule has 1 rings (SSSR count). The average Bonchev–Trinajstić information content (AvgIpc) is 2.05. The molecule has 0 saturated heterocycles. The molecule has 0 aromatic heterocycles. The third kappa shape index (κ3) is 4.66. The normalized spacial score (nSPS) is 8.85. The van der Waals surface area contributed by atoms with Gasteiger partial charge in [0.1, 0.15) is 5.75 Å². The molecule has 0 unspecified atom stereocenters. The topological polar surface area (TPSA) is 75.7 Å². The van der Waals surface area contributed by atoms with E-state index in [4.69, 9.17) is 15.8 Å². The first-order valence-electron chi connectivity index (χ1n) is 3.54. The van der Waals surface area contributed by atoms with Crippen molar-refractivity contribution in [3.8, 4) is 5.75 Å². The molecular weight excluding hydrogens is 180 g/mol. The van der Waals surface area contributed by atoms with E-state index < -0.39 is 7.32 Å². The Labute approximate surface area is 99.2 Å². The molecule has 4 nitrogen and oxygen atoms in total. The van der Waals surface area contributed by atoms with Crippen molar-refractivity contribution in [2.24, 2.45) is 5.73 Å². The molecule has 0 aliphatic carbocycles. The molecule has 0 aliphatic heterocycles. The summed E-state index contributed by atoms with van der Waals surface area (Å²) < 4.78 is 4.58. The van der Waals surface area contributed by atoms with E-state index in [0.29, 0.717) is 12.3 Å². The van der Waals surface area contributed by atoms with Crippen molar-refractivity contribution < 1.29 is 14.7 Å². The maximum absolute atomic E-state index is 8.44. The first-order valence-corrected chi connectivity index (χ1v) is 3.54. The van der Waals surface area contributed by atoms with Crippen LogP contribution in [0, 0.1) is 0 Å².